The fourth-order valence-corrected chi connectivity index (χ4v) is 0.939. The minimum Gasteiger partial charge on any atom is -0.463 e. The number of ether oxygens (including phenoxy) is 1. The van der Waals surface area contributed by atoms with Crippen molar-refractivity contribution >= 4 is 40.8 Å². The van der Waals surface area contributed by atoms with Gasteiger partial charge in [0.15, 0.2) is 0 Å². The van der Waals surface area contributed by atoms with Crippen molar-refractivity contribution in [1.82, 2.24) is 0 Å². The van der Waals surface area contributed by atoms with Gasteiger partial charge >= 0.3 is 5.97 Å². The van der Waals surface area contributed by atoms with E-state index in [2.05, 4.69) is 6.92 Å². The Labute approximate surface area is 93.5 Å². The lowest BCUT2D eigenvalue weighted by molar-refractivity contribution is -0.142. The molecule has 0 aromatic rings. The van der Waals surface area contributed by atoms with Crippen LogP contribution in [-0.4, -0.2) is 16.4 Å². The Hall–Kier alpha value is 0.340. The van der Waals surface area contributed by atoms with Crippen LogP contribution in [0.3, 0.4) is 0 Å². The fourth-order valence-electron chi connectivity index (χ4n) is 0.776. The Bertz CT molecular complexity index is 154. The Morgan fingerprint density at radius 3 is 2.31 bits per heavy atom. The number of alkyl halides is 3. The zero-order valence-corrected chi connectivity index (χ0v) is 9.75. The molecule has 0 aliphatic heterocycles. The van der Waals surface area contributed by atoms with Crippen LogP contribution in [0.1, 0.15) is 32.6 Å². The lowest BCUT2D eigenvalue weighted by Crippen LogP contribution is -2.22. The van der Waals surface area contributed by atoms with E-state index in [1.807, 2.05) is 0 Å². The van der Waals surface area contributed by atoms with Crippen LogP contribution in [0.5, 0.6) is 0 Å². The average molecular weight is 248 g/mol. The maximum Gasteiger partial charge on any atom is 0.358 e. The number of hydrogen-bond acceptors (Lipinski definition) is 2. The zero-order chi connectivity index (χ0) is 10.3. The van der Waals surface area contributed by atoms with Crippen LogP contribution in [0.2, 0.25) is 0 Å². The molecule has 13 heavy (non-hydrogen) atoms. The molecular formula is C8H13Cl3O2. The van der Waals surface area contributed by atoms with Crippen molar-refractivity contribution in [3.05, 3.63) is 0 Å². The molecule has 0 aromatic carbocycles. The maximum absolute atomic E-state index is 10.9. The normalized spacial score (nSPS) is 11.4. The summed E-state index contributed by atoms with van der Waals surface area (Å²) in [5.41, 5.74) is 0. The van der Waals surface area contributed by atoms with Crippen molar-refractivity contribution in [3.63, 3.8) is 0 Å². The largest absolute Gasteiger partial charge is 0.463 e. The summed E-state index contributed by atoms with van der Waals surface area (Å²) >= 11 is 15.8. The van der Waals surface area contributed by atoms with Gasteiger partial charge in [-0.25, -0.2) is 4.79 Å². The first-order valence-electron chi connectivity index (χ1n) is 4.22. The highest BCUT2D eigenvalue weighted by molar-refractivity contribution is 6.75. The van der Waals surface area contributed by atoms with E-state index in [-0.39, 0.29) is 0 Å². The number of esters is 1. The van der Waals surface area contributed by atoms with E-state index >= 15 is 0 Å². The number of hydrogen-bond donors (Lipinski definition) is 0. The molecule has 78 valence electrons. The molecule has 0 N–H and O–H groups in total. The smallest absolute Gasteiger partial charge is 0.358 e. The Morgan fingerprint density at radius 1 is 1.23 bits per heavy atom. The number of carbonyl (C=O) groups excluding carboxylic acids is 1. The van der Waals surface area contributed by atoms with E-state index in [4.69, 9.17) is 39.5 Å². The highest BCUT2D eigenvalue weighted by Crippen LogP contribution is 2.27. The number of carbonyl (C=O) groups is 1. The number of unbranched alkanes of at least 4 members (excludes halogenated alkanes) is 3. The topological polar surface area (TPSA) is 26.3 Å². The SMILES string of the molecule is CCCCCCOC(=O)C(Cl)(Cl)Cl. The van der Waals surface area contributed by atoms with E-state index in [0.29, 0.717) is 6.61 Å². The molecule has 0 aliphatic rings. The Morgan fingerprint density at radius 2 is 1.85 bits per heavy atom. The molecule has 0 saturated heterocycles. The minimum atomic E-state index is -1.94. The second-order valence-electron chi connectivity index (χ2n) is 2.69. The van der Waals surface area contributed by atoms with Gasteiger partial charge in [-0.05, 0) is 6.42 Å². The Balaban J connectivity index is 3.38. The van der Waals surface area contributed by atoms with Crippen molar-refractivity contribution in [2.45, 2.75) is 36.4 Å². The van der Waals surface area contributed by atoms with Crippen molar-refractivity contribution in [1.29, 1.82) is 0 Å². The van der Waals surface area contributed by atoms with Crippen LogP contribution in [-0.2, 0) is 9.53 Å². The van der Waals surface area contributed by atoms with Gasteiger partial charge < -0.3 is 4.74 Å². The highest BCUT2D eigenvalue weighted by Gasteiger charge is 2.32. The van der Waals surface area contributed by atoms with Gasteiger partial charge in [-0.1, -0.05) is 61.0 Å². The molecule has 0 bridgehead atoms. The zero-order valence-electron chi connectivity index (χ0n) is 7.49. The van der Waals surface area contributed by atoms with Gasteiger partial charge in [-0.2, -0.15) is 0 Å². The first kappa shape index (κ1) is 13.3. The molecule has 0 unspecified atom stereocenters. The third-order valence-corrected chi connectivity index (χ3v) is 1.93. The van der Waals surface area contributed by atoms with Gasteiger partial charge in [0.2, 0.25) is 0 Å². The van der Waals surface area contributed by atoms with Gasteiger partial charge in [0.1, 0.15) is 0 Å². The average Bonchev–Trinajstić information content (AvgIpc) is 2.02. The molecule has 0 atom stereocenters. The summed E-state index contributed by atoms with van der Waals surface area (Å²) < 4.78 is 2.78. The summed E-state index contributed by atoms with van der Waals surface area (Å²) in [4.78, 5) is 10.9. The summed E-state index contributed by atoms with van der Waals surface area (Å²) in [5, 5.41) is 0. The predicted octanol–water partition coefficient (Wildman–Crippen LogP) is 3.48. The third kappa shape index (κ3) is 7.41. The van der Waals surface area contributed by atoms with E-state index in [0.717, 1.165) is 25.7 Å². The summed E-state index contributed by atoms with van der Waals surface area (Å²) in [6.45, 7) is 2.43. The van der Waals surface area contributed by atoms with Crippen molar-refractivity contribution < 1.29 is 9.53 Å². The van der Waals surface area contributed by atoms with Crippen LogP contribution >= 0.6 is 34.8 Å². The van der Waals surface area contributed by atoms with Crippen LogP contribution in [0, 0.1) is 0 Å². The van der Waals surface area contributed by atoms with E-state index in [9.17, 15) is 4.79 Å². The van der Waals surface area contributed by atoms with Crippen LogP contribution in [0.25, 0.3) is 0 Å². The van der Waals surface area contributed by atoms with Gasteiger partial charge in [0.25, 0.3) is 3.79 Å². The highest BCUT2D eigenvalue weighted by atomic mass is 35.6. The Kier molecular flexibility index (Phi) is 6.92. The van der Waals surface area contributed by atoms with E-state index in [1.165, 1.54) is 0 Å². The summed E-state index contributed by atoms with van der Waals surface area (Å²) in [5.74, 6) is -0.797. The fraction of sp³-hybridized carbons (Fsp3) is 0.875. The molecule has 5 heteroatoms. The van der Waals surface area contributed by atoms with Crippen LogP contribution < -0.4 is 0 Å². The molecule has 0 fully saturated rings. The summed E-state index contributed by atoms with van der Waals surface area (Å²) in [6.07, 6.45) is 4.12. The molecular weight excluding hydrogens is 234 g/mol. The van der Waals surface area contributed by atoms with Crippen molar-refractivity contribution in [3.8, 4) is 0 Å². The summed E-state index contributed by atoms with van der Waals surface area (Å²) in [7, 11) is 0. The molecule has 0 saturated carbocycles. The van der Waals surface area contributed by atoms with Crippen LogP contribution in [0.4, 0.5) is 0 Å². The predicted molar refractivity (Wildman–Crippen MR) is 55.4 cm³/mol. The van der Waals surface area contributed by atoms with Gasteiger partial charge in [-0.15, -0.1) is 0 Å². The second-order valence-corrected chi connectivity index (χ2v) is 4.98. The molecule has 0 aromatic heterocycles. The maximum atomic E-state index is 10.9. The monoisotopic (exact) mass is 246 g/mol. The molecule has 0 heterocycles. The molecule has 0 aliphatic carbocycles. The first-order valence-corrected chi connectivity index (χ1v) is 5.35. The number of rotatable bonds is 5. The third-order valence-electron chi connectivity index (χ3n) is 1.46. The lowest BCUT2D eigenvalue weighted by atomic mass is 10.2. The van der Waals surface area contributed by atoms with Crippen LogP contribution in [0.15, 0.2) is 0 Å². The van der Waals surface area contributed by atoms with Gasteiger partial charge in [-0.3, -0.25) is 0 Å². The first-order chi connectivity index (χ1) is 5.98. The lowest BCUT2D eigenvalue weighted by Gasteiger charge is -2.09. The van der Waals surface area contributed by atoms with Gasteiger partial charge in [0, 0.05) is 0 Å². The van der Waals surface area contributed by atoms with E-state index in [1.54, 1.807) is 0 Å². The van der Waals surface area contributed by atoms with E-state index < -0.39 is 9.76 Å². The molecule has 0 amide bonds. The van der Waals surface area contributed by atoms with Crippen molar-refractivity contribution in [2.75, 3.05) is 6.61 Å². The van der Waals surface area contributed by atoms with Crippen molar-refractivity contribution in [2.24, 2.45) is 0 Å². The molecule has 0 spiro atoms. The standard InChI is InChI=1S/C8H13Cl3O2/c1-2-3-4-5-6-13-7(12)8(9,10)11/h2-6H2,1H3. The minimum absolute atomic E-state index is 0.326. The van der Waals surface area contributed by atoms with Gasteiger partial charge in [0.05, 0.1) is 6.61 Å². The molecule has 0 rings (SSSR count). The summed E-state index contributed by atoms with van der Waals surface area (Å²) in [6, 6.07) is 0. The molecule has 0 radical (unpaired) electrons. The molecule has 2 nitrogen and oxygen atoms in total. The number of halogens is 3. The second kappa shape index (κ2) is 6.74. The quantitative estimate of drug-likeness (QED) is 0.422.